The summed E-state index contributed by atoms with van der Waals surface area (Å²) in [5, 5.41) is 3.18. The lowest BCUT2D eigenvalue weighted by molar-refractivity contribution is 0.0535. The lowest BCUT2D eigenvalue weighted by Gasteiger charge is -2.10. The molecule has 1 aliphatic heterocycles. The normalized spacial score (nSPS) is 23.7. The van der Waals surface area contributed by atoms with Gasteiger partial charge in [0.05, 0.1) is 31.3 Å². The van der Waals surface area contributed by atoms with Gasteiger partial charge in [0.2, 0.25) is 0 Å². The maximum atomic E-state index is 11.2. The first kappa shape index (κ1) is 13.9. The molecule has 0 saturated carbocycles. The van der Waals surface area contributed by atoms with Gasteiger partial charge in [-0.1, -0.05) is 0 Å². The monoisotopic (exact) mass is 251 g/mol. The summed E-state index contributed by atoms with van der Waals surface area (Å²) in [4.78, 5) is 0. The Morgan fingerprint density at radius 1 is 1.25 bits per heavy atom. The average molecular weight is 251 g/mol. The van der Waals surface area contributed by atoms with Gasteiger partial charge >= 0.3 is 0 Å². The molecule has 0 radical (unpaired) electrons. The molecule has 16 heavy (non-hydrogen) atoms. The third kappa shape index (κ3) is 5.79. The summed E-state index contributed by atoms with van der Waals surface area (Å²) >= 11 is 0. The van der Waals surface area contributed by atoms with Gasteiger partial charge in [-0.3, -0.25) is 0 Å². The van der Waals surface area contributed by atoms with E-state index in [4.69, 9.17) is 9.47 Å². The average Bonchev–Trinajstić information content (AvgIpc) is 2.57. The summed E-state index contributed by atoms with van der Waals surface area (Å²) in [6.45, 7) is 5.17. The molecule has 0 bridgehead atoms. The Bertz CT molecular complexity index is 279. The van der Waals surface area contributed by atoms with E-state index < -0.39 is 9.84 Å². The molecule has 1 N–H and O–H groups in total. The second-order valence-corrected chi connectivity index (χ2v) is 6.09. The summed E-state index contributed by atoms with van der Waals surface area (Å²) in [6.07, 6.45) is 0.723. The fourth-order valence-corrected chi connectivity index (χ4v) is 3.36. The van der Waals surface area contributed by atoms with Gasteiger partial charge in [0, 0.05) is 19.2 Å². The van der Waals surface area contributed by atoms with E-state index in [2.05, 4.69) is 5.32 Å². The molecule has 0 amide bonds. The molecule has 1 saturated heterocycles. The molecule has 0 spiro atoms. The molecule has 1 fully saturated rings. The number of sulfone groups is 1. The van der Waals surface area contributed by atoms with Gasteiger partial charge in [0.15, 0.2) is 9.84 Å². The number of ether oxygens (including phenoxy) is 2. The molecule has 0 aromatic carbocycles. The van der Waals surface area contributed by atoms with Crippen LogP contribution < -0.4 is 5.32 Å². The van der Waals surface area contributed by atoms with Crippen LogP contribution in [-0.2, 0) is 19.3 Å². The van der Waals surface area contributed by atoms with Crippen LogP contribution in [0.3, 0.4) is 0 Å². The van der Waals surface area contributed by atoms with Crippen LogP contribution in [0.25, 0.3) is 0 Å². The van der Waals surface area contributed by atoms with Gasteiger partial charge in [-0.25, -0.2) is 8.42 Å². The van der Waals surface area contributed by atoms with Crippen LogP contribution in [0.4, 0.5) is 0 Å². The number of rotatable bonds is 8. The highest BCUT2D eigenvalue weighted by Crippen LogP contribution is 2.10. The second-order valence-electron chi connectivity index (χ2n) is 3.86. The van der Waals surface area contributed by atoms with E-state index in [1.54, 1.807) is 0 Å². The molecule has 0 aromatic rings. The molecular formula is C10H21NO4S. The third-order valence-corrected chi connectivity index (χ3v) is 4.26. The van der Waals surface area contributed by atoms with Gasteiger partial charge in [-0.15, -0.1) is 0 Å². The minimum absolute atomic E-state index is 0.112. The summed E-state index contributed by atoms with van der Waals surface area (Å²) in [6, 6.07) is 0.112. The second kappa shape index (κ2) is 7.21. The largest absolute Gasteiger partial charge is 0.379 e. The Labute approximate surface area is 97.4 Å². The molecule has 1 aliphatic rings. The minimum atomic E-state index is -2.77. The summed E-state index contributed by atoms with van der Waals surface area (Å²) < 4.78 is 32.7. The van der Waals surface area contributed by atoms with Gasteiger partial charge in [-0.05, 0) is 13.3 Å². The van der Waals surface area contributed by atoms with Crippen molar-refractivity contribution < 1.29 is 17.9 Å². The quantitative estimate of drug-likeness (QED) is 0.606. The van der Waals surface area contributed by atoms with Gasteiger partial charge in [-0.2, -0.15) is 0 Å². The van der Waals surface area contributed by atoms with Crippen LogP contribution >= 0.6 is 0 Å². The van der Waals surface area contributed by atoms with Crippen molar-refractivity contribution in [2.75, 3.05) is 44.5 Å². The van der Waals surface area contributed by atoms with E-state index in [0.29, 0.717) is 38.7 Å². The SMILES string of the molecule is CCOCCOCCNC1CCS(=O)(=O)C1. The zero-order valence-electron chi connectivity index (χ0n) is 9.78. The summed E-state index contributed by atoms with van der Waals surface area (Å²) in [7, 11) is -2.77. The van der Waals surface area contributed by atoms with Crippen molar-refractivity contribution in [3.8, 4) is 0 Å². The van der Waals surface area contributed by atoms with Crippen LogP contribution in [0.15, 0.2) is 0 Å². The highest BCUT2D eigenvalue weighted by molar-refractivity contribution is 7.91. The summed E-state index contributed by atoms with van der Waals surface area (Å²) in [5.41, 5.74) is 0. The van der Waals surface area contributed by atoms with E-state index in [1.165, 1.54) is 0 Å². The number of hydrogen-bond acceptors (Lipinski definition) is 5. The van der Waals surface area contributed by atoms with Crippen LogP contribution in [0, 0.1) is 0 Å². The lowest BCUT2D eigenvalue weighted by atomic mass is 10.3. The van der Waals surface area contributed by atoms with Crippen molar-refractivity contribution in [3.63, 3.8) is 0 Å². The Balaban J connectivity index is 1.92. The van der Waals surface area contributed by atoms with E-state index >= 15 is 0 Å². The standard InChI is InChI=1S/C10H21NO4S/c1-2-14-6-7-15-5-4-11-10-3-8-16(12,13)9-10/h10-11H,2-9H2,1H3. The smallest absolute Gasteiger partial charge is 0.151 e. The zero-order chi connectivity index (χ0) is 11.9. The first-order valence-corrected chi connectivity index (χ1v) is 7.55. The van der Waals surface area contributed by atoms with E-state index in [9.17, 15) is 8.42 Å². The summed E-state index contributed by atoms with van der Waals surface area (Å²) in [5.74, 6) is 0.585. The molecule has 1 rings (SSSR count). The Kier molecular flexibility index (Phi) is 6.26. The molecular weight excluding hydrogens is 230 g/mol. The fraction of sp³-hybridized carbons (Fsp3) is 1.00. The molecule has 5 nitrogen and oxygen atoms in total. The van der Waals surface area contributed by atoms with E-state index in [0.717, 1.165) is 6.42 Å². The highest BCUT2D eigenvalue weighted by atomic mass is 32.2. The predicted molar refractivity (Wildman–Crippen MR) is 62.4 cm³/mol. The number of nitrogens with one attached hydrogen (secondary N) is 1. The first-order chi connectivity index (χ1) is 7.64. The van der Waals surface area contributed by atoms with E-state index in [1.807, 2.05) is 6.92 Å². The van der Waals surface area contributed by atoms with Gasteiger partial charge in [0.1, 0.15) is 0 Å². The maximum absolute atomic E-state index is 11.2. The maximum Gasteiger partial charge on any atom is 0.151 e. The van der Waals surface area contributed by atoms with Crippen molar-refractivity contribution in [1.29, 1.82) is 0 Å². The molecule has 1 atom stereocenters. The molecule has 0 aromatic heterocycles. The Morgan fingerprint density at radius 2 is 2.00 bits per heavy atom. The van der Waals surface area contributed by atoms with E-state index in [-0.39, 0.29) is 11.8 Å². The van der Waals surface area contributed by atoms with Crippen molar-refractivity contribution in [2.24, 2.45) is 0 Å². The zero-order valence-corrected chi connectivity index (χ0v) is 10.6. The number of hydrogen-bond donors (Lipinski definition) is 1. The van der Waals surface area contributed by atoms with Crippen LogP contribution in [-0.4, -0.2) is 58.9 Å². The Hall–Kier alpha value is -0.170. The van der Waals surface area contributed by atoms with Crippen molar-refractivity contribution in [2.45, 2.75) is 19.4 Å². The molecule has 96 valence electrons. The minimum Gasteiger partial charge on any atom is -0.379 e. The fourth-order valence-electron chi connectivity index (χ4n) is 1.66. The van der Waals surface area contributed by atoms with Crippen LogP contribution in [0.2, 0.25) is 0 Å². The van der Waals surface area contributed by atoms with Crippen molar-refractivity contribution in [1.82, 2.24) is 5.32 Å². The first-order valence-electron chi connectivity index (χ1n) is 5.73. The van der Waals surface area contributed by atoms with Crippen molar-refractivity contribution >= 4 is 9.84 Å². The van der Waals surface area contributed by atoms with Gasteiger partial charge < -0.3 is 14.8 Å². The molecule has 1 heterocycles. The molecule has 6 heteroatoms. The van der Waals surface area contributed by atoms with Gasteiger partial charge in [0.25, 0.3) is 0 Å². The molecule has 0 aliphatic carbocycles. The van der Waals surface area contributed by atoms with Crippen molar-refractivity contribution in [3.05, 3.63) is 0 Å². The van der Waals surface area contributed by atoms with Crippen LogP contribution in [0.5, 0.6) is 0 Å². The third-order valence-electron chi connectivity index (χ3n) is 2.49. The molecule has 1 unspecified atom stereocenters. The highest BCUT2D eigenvalue weighted by Gasteiger charge is 2.26. The predicted octanol–water partition coefficient (Wildman–Crippen LogP) is -0.184. The van der Waals surface area contributed by atoms with Crippen LogP contribution in [0.1, 0.15) is 13.3 Å². The topological polar surface area (TPSA) is 64.6 Å². The Morgan fingerprint density at radius 3 is 2.62 bits per heavy atom. The lowest BCUT2D eigenvalue weighted by Crippen LogP contribution is -2.33.